The van der Waals surface area contributed by atoms with E-state index in [9.17, 15) is 0 Å². The third-order valence-corrected chi connectivity index (χ3v) is 12.9. The van der Waals surface area contributed by atoms with Crippen LogP contribution in [-0.4, -0.2) is 19.1 Å². The van der Waals surface area contributed by atoms with Crippen molar-refractivity contribution in [2.24, 2.45) is 0 Å². The first-order chi connectivity index (χ1) is 31.7. The Bertz CT molecular complexity index is 3940. The number of hydrogen-bond acceptors (Lipinski definition) is 2. The van der Waals surface area contributed by atoms with Gasteiger partial charge in [0, 0.05) is 54.8 Å². The molecule has 0 aliphatic rings. The lowest BCUT2D eigenvalue weighted by Gasteiger charge is -2.14. The largest absolute Gasteiger partial charge is 0.309 e. The summed E-state index contributed by atoms with van der Waals surface area (Å²) in [6, 6.07) is 82.8. The van der Waals surface area contributed by atoms with Crippen LogP contribution in [0.2, 0.25) is 0 Å². The highest BCUT2D eigenvalue weighted by Crippen LogP contribution is 2.40. The lowest BCUT2D eigenvalue weighted by molar-refractivity contribution is 1.18. The second-order valence-electron chi connectivity index (χ2n) is 16.6. The molecule has 4 nitrogen and oxygen atoms in total. The van der Waals surface area contributed by atoms with Crippen LogP contribution in [0.3, 0.4) is 0 Å². The SMILES string of the molecule is c1ccc(-n2c3ccccc3c3cc(-c4ccc5nc(-c6ccc7c(c6)c6ccccc6n7-c6ccccc6)cc(-c6ccc(-c7ccc8ccccc8n7)cc6)c5c4)ccc32)cc1. The molecule has 0 saturated heterocycles. The third kappa shape index (κ3) is 5.84. The van der Waals surface area contributed by atoms with Gasteiger partial charge in [-0.1, -0.05) is 140 Å². The van der Waals surface area contributed by atoms with E-state index in [0.717, 1.165) is 72.4 Å². The Morgan fingerprint density at radius 3 is 1.42 bits per heavy atom. The molecule has 0 amide bonds. The van der Waals surface area contributed by atoms with Gasteiger partial charge in [0.05, 0.1) is 44.5 Å². The van der Waals surface area contributed by atoms with Crippen LogP contribution < -0.4 is 0 Å². The summed E-state index contributed by atoms with van der Waals surface area (Å²) in [5.41, 5.74) is 17.6. The Labute approximate surface area is 369 Å². The van der Waals surface area contributed by atoms with Crippen LogP contribution in [-0.2, 0) is 0 Å². The molecule has 298 valence electrons. The minimum atomic E-state index is 0.934. The van der Waals surface area contributed by atoms with Crippen molar-refractivity contribution >= 4 is 65.4 Å². The van der Waals surface area contributed by atoms with Crippen LogP contribution in [0.25, 0.3) is 122 Å². The summed E-state index contributed by atoms with van der Waals surface area (Å²) in [6.07, 6.45) is 0. The van der Waals surface area contributed by atoms with Crippen molar-refractivity contribution in [3.05, 3.63) is 231 Å². The van der Waals surface area contributed by atoms with Crippen molar-refractivity contribution in [1.82, 2.24) is 19.1 Å². The van der Waals surface area contributed by atoms with Crippen molar-refractivity contribution < 1.29 is 0 Å². The number of benzene rings is 9. The highest BCUT2D eigenvalue weighted by Gasteiger charge is 2.18. The second kappa shape index (κ2) is 14.5. The average molecular weight is 815 g/mol. The van der Waals surface area contributed by atoms with Crippen molar-refractivity contribution in [3.63, 3.8) is 0 Å². The highest BCUT2D eigenvalue weighted by atomic mass is 15.0. The maximum absolute atomic E-state index is 5.42. The van der Waals surface area contributed by atoms with Gasteiger partial charge in [0.15, 0.2) is 0 Å². The van der Waals surface area contributed by atoms with Crippen molar-refractivity contribution in [1.29, 1.82) is 0 Å². The Hall–Kier alpha value is -8.60. The fourth-order valence-corrected chi connectivity index (χ4v) is 9.83. The summed E-state index contributed by atoms with van der Waals surface area (Å²) in [5, 5.41) is 7.13. The van der Waals surface area contributed by atoms with Crippen LogP contribution in [0.1, 0.15) is 0 Å². The Morgan fingerprint density at radius 2 is 0.750 bits per heavy atom. The van der Waals surface area contributed by atoms with Gasteiger partial charge >= 0.3 is 0 Å². The number of rotatable bonds is 6. The Balaban J connectivity index is 0.981. The van der Waals surface area contributed by atoms with E-state index < -0.39 is 0 Å². The smallest absolute Gasteiger partial charge is 0.0716 e. The van der Waals surface area contributed by atoms with E-state index in [0.29, 0.717) is 0 Å². The van der Waals surface area contributed by atoms with Crippen molar-refractivity contribution in [3.8, 4) is 56.1 Å². The van der Waals surface area contributed by atoms with Gasteiger partial charge < -0.3 is 9.13 Å². The number of fused-ring (bicyclic) bond motifs is 8. The Kier molecular flexibility index (Phi) is 8.18. The topological polar surface area (TPSA) is 35.6 Å². The molecule has 13 rings (SSSR count). The van der Waals surface area contributed by atoms with Crippen molar-refractivity contribution in [2.75, 3.05) is 0 Å². The first-order valence-electron chi connectivity index (χ1n) is 21.8. The highest BCUT2D eigenvalue weighted by molar-refractivity contribution is 6.12. The molecule has 0 aliphatic heterocycles. The molecule has 0 saturated carbocycles. The molecule has 0 radical (unpaired) electrons. The molecule has 0 N–H and O–H groups in total. The summed E-state index contributed by atoms with van der Waals surface area (Å²) in [4.78, 5) is 10.4. The lowest BCUT2D eigenvalue weighted by Crippen LogP contribution is -1.94. The van der Waals surface area contributed by atoms with Gasteiger partial charge in [-0.15, -0.1) is 0 Å². The van der Waals surface area contributed by atoms with Gasteiger partial charge in [-0.2, -0.15) is 0 Å². The summed E-state index contributed by atoms with van der Waals surface area (Å²) in [5.74, 6) is 0. The molecule has 0 spiro atoms. The lowest BCUT2D eigenvalue weighted by atomic mass is 9.94. The van der Waals surface area contributed by atoms with Crippen LogP contribution in [0.4, 0.5) is 0 Å². The minimum Gasteiger partial charge on any atom is -0.309 e. The fourth-order valence-electron chi connectivity index (χ4n) is 9.83. The third-order valence-electron chi connectivity index (χ3n) is 12.9. The number of hydrogen-bond donors (Lipinski definition) is 0. The first-order valence-corrected chi connectivity index (χ1v) is 21.8. The molecule has 0 atom stereocenters. The van der Waals surface area contributed by atoms with E-state index in [4.69, 9.17) is 9.97 Å². The van der Waals surface area contributed by atoms with Crippen LogP contribution >= 0.6 is 0 Å². The number of para-hydroxylation sites is 5. The standard InChI is InChI=1S/C60H38N4/c1-3-14-45(15-4-1)63-57-21-11-8-18-47(57)51-36-43(29-33-59(51)63)42-28-32-55-50(35-42)49(39-23-25-41(26-24-39)54-31-27-40-13-7-10-20-53(40)61-54)38-56(62-55)44-30-34-60-52(37-44)48-19-9-12-22-58(48)64(60)46-16-5-2-6-17-46/h1-38H. The molecular weight excluding hydrogens is 777 g/mol. The molecule has 0 fully saturated rings. The molecule has 9 aromatic carbocycles. The van der Waals surface area contributed by atoms with E-state index in [1.807, 2.05) is 6.07 Å². The number of nitrogens with zero attached hydrogens (tertiary/aromatic N) is 4. The molecule has 0 aliphatic carbocycles. The first kappa shape index (κ1) is 36.1. The molecule has 4 heteroatoms. The molecule has 64 heavy (non-hydrogen) atoms. The predicted molar refractivity (Wildman–Crippen MR) is 267 cm³/mol. The van der Waals surface area contributed by atoms with Crippen LogP contribution in [0.5, 0.6) is 0 Å². The zero-order valence-corrected chi connectivity index (χ0v) is 34.7. The van der Waals surface area contributed by atoms with Crippen LogP contribution in [0.15, 0.2) is 231 Å². The molecule has 4 heterocycles. The minimum absolute atomic E-state index is 0.934. The molecule has 4 aromatic heterocycles. The normalized spacial score (nSPS) is 11.8. The van der Waals surface area contributed by atoms with E-state index in [1.54, 1.807) is 0 Å². The van der Waals surface area contributed by atoms with E-state index in [1.165, 1.54) is 49.2 Å². The van der Waals surface area contributed by atoms with E-state index >= 15 is 0 Å². The molecule has 0 unspecified atom stereocenters. The van der Waals surface area contributed by atoms with Gasteiger partial charge in [0.1, 0.15) is 0 Å². The average Bonchev–Trinajstić information content (AvgIpc) is 3.88. The number of aromatic nitrogens is 4. The zero-order valence-electron chi connectivity index (χ0n) is 34.7. The monoisotopic (exact) mass is 814 g/mol. The molecule has 13 aromatic rings. The Morgan fingerprint density at radius 1 is 0.266 bits per heavy atom. The summed E-state index contributed by atoms with van der Waals surface area (Å²) in [6.45, 7) is 0. The summed E-state index contributed by atoms with van der Waals surface area (Å²) < 4.78 is 4.73. The van der Waals surface area contributed by atoms with E-state index in [2.05, 4.69) is 234 Å². The number of pyridine rings is 2. The maximum atomic E-state index is 5.42. The zero-order chi connectivity index (χ0) is 42.1. The van der Waals surface area contributed by atoms with Crippen molar-refractivity contribution in [2.45, 2.75) is 0 Å². The fraction of sp³-hybridized carbons (Fsp3) is 0. The van der Waals surface area contributed by atoms with Gasteiger partial charge in [-0.05, 0) is 113 Å². The van der Waals surface area contributed by atoms with Gasteiger partial charge in [-0.3, -0.25) is 0 Å². The molecule has 0 bridgehead atoms. The summed E-state index contributed by atoms with van der Waals surface area (Å²) in [7, 11) is 0. The predicted octanol–water partition coefficient (Wildman–Crippen LogP) is 15.6. The van der Waals surface area contributed by atoms with Gasteiger partial charge in [0.25, 0.3) is 0 Å². The van der Waals surface area contributed by atoms with Gasteiger partial charge in [0.2, 0.25) is 0 Å². The van der Waals surface area contributed by atoms with Crippen LogP contribution in [0, 0.1) is 0 Å². The van der Waals surface area contributed by atoms with Gasteiger partial charge in [-0.25, -0.2) is 9.97 Å². The maximum Gasteiger partial charge on any atom is 0.0716 e. The quantitative estimate of drug-likeness (QED) is 0.168. The second-order valence-corrected chi connectivity index (χ2v) is 16.6. The molecular formula is C60H38N4. The van der Waals surface area contributed by atoms with E-state index in [-0.39, 0.29) is 0 Å². The summed E-state index contributed by atoms with van der Waals surface area (Å²) >= 11 is 0.